The Bertz CT molecular complexity index is 1590. The van der Waals surface area contributed by atoms with Gasteiger partial charge in [0.2, 0.25) is 0 Å². The van der Waals surface area contributed by atoms with Crippen molar-refractivity contribution >= 4 is 23.3 Å². The molecule has 11 heteroatoms. The molecule has 0 fully saturated rings. The van der Waals surface area contributed by atoms with E-state index in [4.69, 9.17) is 9.47 Å². The Morgan fingerprint density at radius 3 is 1.39 bits per heavy atom. The second-order valence-corrected chi connectivity index (χ2v) is 13.6. The number of carbonyl (C=O) groups excluding carboxylic acids is 2. The van der Waals surface area contributed by atoms with Crippen LogP contribution in [0.4, 0.5) is 18.4 Å². The lowest BCUT2D eigenvalue weighted by molar-refractivity contribution is 0.0260. The van der Waals surface area contributed by atoms with Crippen LogP contribution in [0.5, 0.6) is 0 Å². The fourth-order valence-corrected chi connectivity index (χ4v) is 5.44. The van der Waals surface area contributed by atoms with Crippen LogP contribution >= 0.6 is 0 Å². The molecule has 0 spiro atoms. The molecule has 0 radical (unpaired) electrons. The highest BCUT2D eigenvalue weighted by molar-refractivity contribution is 5.75. The van der Waals surface area contributed by atoms with Crippen LogP contribution in [0.3, 0.4) is 0 Å². The number of rotatable bonds is 4. The van der Waals surface area contributed by atoms with Gasteiger partial charge in [-0.25, -0.2) is 18.4 Å². The summed E-state index contributed by atoms with van der Waals surface area (Å²) >= 11 is 0. The van der Waals surface area contributed by atoms with Crippen molar-refractivity contribution in [2.75, 3.05) is 26.2 Å². The van der Waals surface area contributed by atoms with Gasteiger partial charge >= 0.3 is 12.2 Å². The Morgan fingerprint density at radius 1 is 0.696 bits per heavy atom. The van der Waals surface area contributed by atoms with E-state index in [-0.39, 0.29) is 35.0 Å². The molecular formula is C35H41F2N5O4. The van der Waals surface area contributed by atoms with Gasteiger partial charge in [-0.3, -0.25) is 0 Å². The lowest BCUT2D eigenvalue weighted by atomic mass is 9.97. The van der Waals surface area contributed by atoms with Crippen molar-refractivity contribution in [1.29, 1.82) is 0 Å². The first-order valence-corrected chi connectivity index (χ1v) is 15.4. The molecule has 0 unspecified atom stereocenters. The predicted molar refractivity (Wildman–Crippen MR) is 173 cm³/mol. The lowest BCUT2D eigenvalue weighted by Crippen LogP contribution is -2.39. The highest BCUT2D eigenvalue weighted by Crippen LogP contribution is 2.32. The SMILES string of the molecule is Cn1c(-c2ccc(C3=CCN(C(=O)OC(C)(C)C)CC3)cc2F)nnc1-c1ccc(C2=CCN(C(=O)OC(C)(C)C)CC2)cc1F. The van der Waals surface area contributed by atoms with E-state index in [1.807, 2.05) is 65.8 Å². The summed E-state index contributed by atoms with van der Waals surface area (Å²) in [5.74, 6) is -0.409. The normalized spacial score (nSPS) is 15.8. The number of aromatic nitrogens is 3. The summed E-state index contributed by atoms with van der Waals surface area (Å²) in [5.41, 5.74) is 2.67. The summed E-state index contributed by atoms with van der Waals surface area (Å²) < 4.78 is 43.4. The van der Waals surface area contributed by atoms with Crippen LogP contribution in [-0.4, -0.2) is 74.1 Å². The Kier molecular flexibility index (Phi) is 9.06. The van der Waals surface area contributed by atoms with Gasteiger partial charge in [-0.2, -0.15) is 0 Å². The largest absolute Gasteiger partial charge is 0.444 e. The van der Waals surface area contributed by atoms with E-state index in [9.17, 15) is 9.59 Å². The number of hydrogen-bond donors (Lipinski definition) is 0. The molecular weight excluding hydrogens is 592 g/mol. The van der Waals surface area contributed by atoms with E-state index in [0.29, 0.717) is 39.0 Å². The van der Waals surface area contributed by atoms with Crippen LogP contribution < -0.4 is 0 Å². The Balaban J connectivity index is 1.29. The van der Waals surface area contributed by atoms with Crippen molar-refractivity contribution in [1.82, 2.24) is 24.6 Å². The van der Waals surface area contributed by atoms with E-state index < -0.39 is 22.8 Å². The third-order valence-corrected chi connectivity index (χ3v) is 7.76. The average Bonchev–Trinajstić information content (AvgIpc) is 3.35. The van der Waals surface area contributed by atoms with Crippen LogP contribution in [0.2, 0.25) is 0 Å². The van der Waals surface area contributed by atoms with Gasteiger partial charge in [0.25, 0.3) is 0 Å². The Morgan fingerprint density at radius 2 is 1.09 bits per heavy atom. The summed E-state index contributed by atoms with van der Waals surface area (Å²) in [4.78, 5) is 28.0. The molecule has 0 atom stereocenters. The summed E-state index contributed by atoms with van der Waals surface area (Å²) in [6.07, 6.45) is 4.22. The molecule has 2 aliphatic heterocycles. The molecule has 1 aromatic heterocycles. The fraction of sp³-hybridized carbons (Fsp3) is 0.429. The van der Waals surface area contributed by atoms with Crippen LogP contribution in [0, 0.1) is 11.6 Å². The number of carbonyl (C=O) groups is 2. The standard InChI is InChI=1S/C35H41F2N5O4/c1-34(2,3)45-32(43)41-16-12-22(13-17-41)24-8-10-26(28(36)20-24)30-38-39-31(40(30)7)27-11-9-25(21-29(27)37)23-14-18-42(19-15-23)33(44)46-35(4,5)6/h8-12,14,20-21H,13,15-19H2,1-7H3. The minimum atomic E-state index is -0.573. The molecule has 2 aromatic carbocycles. The van der Waals surface area contributed by atoms with Crippen LogP contribution in [0.15, 0.2) is 48.6 Å². The molecule has 0 N–H and O–H groups in total. The van der Waals surface area contributed by atoms with Crippen molar-refractivity contribution in [2.45, 2.75) is 65.6 Å². The molecule has 2 amide bonds. The van der Waals surface area contributed by atoms with Crippen molar-refractivity contribution in [3.8, 4) is 22.8 Å². The number of benzene rings is 2. The van der Waals surface area contributed by atoms with Gasteiger partial charge in [0.1, 0.15) is 22.8 Å². The van der Waals surface area contributed by atoms with Gasteiger partial charge in [-0.1, -0.05) is 24.3 Å². The molecule has 3 heterocycles. The summed E-state index contributed by atoms with van der Waals surface area (Å²) in [5, 5.41) is 8.40. The minimum absolute atomic E-state index is 0.246. The highest BCUT2D eigenvalue weighted by Gasteiger charge is 2.26. The van der Waals surface area contributed by atoms with E-state index >= 15 is 8.78 Å². The molecule has 244 valence electrons. The average molecular weight is 634 g/mol. The maximum absolute atomic E-state index is 15.5. The van der Waals surface area contributed by atoms with Crippen LogP contribution in [0.25, 0.3) is 33.9 Å². The van der Waals surface area contributed by atoms with Gasteiger partial charge < -0.3 is 23.8 Å². The molecule has 0 aliphatic carbocycles. The summed E-state index contributed by atoms with van der Waals surface area (Å²) in [7, 11) is 1.68. The molecule has 3 aromatic rings. The maximum Gasteiger partial charge on any atom is 0.410 e. The Labute approximate surface area is 268 Å². The molecule has 0 saturated carbocycles. The topological polar surface area (TPSA) is 89.8 Å². The number of nitrogens with zero attached hydrogens (tertiary/aromatic N) is 5. The van der Waals surface area contributed by atoms with Crippen LogP contribution in [0.1, 0.15) is 65.5 Å². The van der Waals surface area contributed by atoms with Crippen molar-refractivity contribution in [3.05, 3.63) is 71.3 Å². The van der Waals surface area contributed by atoms with Gasteiger partial charge in [0.05, 0.1) is 11.1 Å². The van der Waals surface area contributed by atoms with E-state index in [1.54, 1.807) is 33.5 Å². The first-order chi connectivity index (χ1) is 21.6. The number of ether oxygens (including phenoxy) is 2. The van der Waals surface area contributed by atoms with Crippen LogP contribution in [-0.2, 0) is 16.5 Å². The minimum Gasteiger partial charge on any atom is -0.444 e. The number of halogens is 2. The summed E-state index contributed by atoms with van der Waals surface area (Å²) in [6.45, 7) is 12.7. The smallest absolute Gasteiger partial charge is 0.410 e. The monoisotopic (exact) mass is 633 g/mol. The van der Waals surface area contributed by atoms with E-state index in [1.165, 1.54) is 12.1 Å². The molecule has 0 saturated heterocycles. The molecule has 2 aliphatic rings. The quantitative estimate of drug-likeness (QED) is 0.296. The van der Waals surface area contributed by atoms with Gasteiger partial charge in [0, 0.05) is 33.2 Å². The predicted octanol–water partition coefficient (Wildman–Crippen LogP) is 7.48. The number of amides is 2. The van der Waals surface area contributed by atoms with E-state index in [2.05, 4.69) is 10.2 Å². The van der Waals surface area contributed by atoms with Gasteiger partial charge in [-0.05, 0) is 101 Å². The second kappa shape index (κ2) is 12.7. The summed E-state index contributed by atoms with van der Waals surface area (Å²) in [6, 6.07) is 9.84. The maximum atomic E-state index is 15.5. The molecule has 9 nitrogen and oxygen atoms in total. The molecule has 0 bridgehead atoms. The lowest BCUT2D eigenvalue weighted by Gasteiger charge is -2.29. The van der Waals surface area contributed by atoms with Crippen molar-refractivity contribution in [3.63, 3.8) is 0 Å². The molecule has 46 heavy (non-hydrogen) atoms. The van der Waals surface area contributed by atoms with Crippen molar-refractivity contribution in [2.24, 2.45) is 7.05 Å². The first-order valence-electron chi connectivity index (χ1n) is 15.4. The zero-order valence-corrected chi connectivity index (χ0v) is 27.5. The zero-order valence-electron chi connectivity index (χ0n) is 27.5. The highest BCUT2D eigenvalue weighted by atomic mass is 19.1. The second-order valence-electron chi connectivity index (χ2n) is 13.6. The third-order valence-electron chi connectivity index (χ3n) is 7.76. The Hall–Kier alpha value is -4.54. The first kappa shape index (κ1) is 32.8. The third kappa shape index (κ3) is 7.46. The van der Waals surface area contributed by atoms with Gasteiger partial charge in [0.15, 0.2) is 11.6 Å². The molecule has 5 rings (SSSR count). The number of hydrogen-bond acceptors (Lipinski definition) is 6. The van der Waals surface area contributed by atoms with E-state index in [0.717, 1.165) is 22.3 Å². The van der Waals surface area contributed by atoms with Crippen molar-refractivity contribution < 1.29 is 27.8 Å². The fourth-order valence-electron chi connectivity index (χ4n) is 5.44. The van der Waals surface area contributed by atoms with Gasteiger partial charge in [-0.15, -0.1) is 10.2 Å². The zero-order chi connectivity index (χ0) is 33.4.